The number of rotatable bonds is 7. The predicted molar refractivity (Wildman–Crippen MR) is 199 cm³/mol. The molecular formula is C37H45F2N13O2. The van der Waals surface area contributed by atoms with Crippen molar-refractivity contribution in [1.82, 2.24) is 54.2 Å². The van der Waals surface area contributed by atoms with Crippen LogP contribution in [-0.4, -0.2) is 97.9 Å². The van der Waals surface area contributed by atoms with Crippen molar-refractivity contribution in [3.63, 3.8) is 0 Å². The minimum Gasteiger partial charge on any atom is -0.390 e. The number of nitrogens with one attached hydrogen (secondary N) is 2. The van der Waals surface area contributed by atoms with Crippen molar-refractivity contribution in [2.45, 2.75) is 82.5 Å². The third-order valence-electron chi connectivity index (χ3n) is 12.0. The van der Waals surface area contributed by atoms with Gasteiger partial charge in [0.2, 0.25) is 0 Å². The van der Waals surface area contributed by atoms with Crippen LogP contribution in [0.2, 0.25) is 0 Å². The summed E-state index contributed by atoms with van der Waals surface area (Å²) in [6, 6.07) is 8.33. The summed E-state index contributed by atoms with van der Waals surface area (Å²) in [5, 5.41) is 31.6. The lowest BCUT2D eigenvalue weighted by Crippen LogP contribution is -2.60. The summed E-state index contributed by atoms with van der Waals surface area (Å²) in [7, 11) is 1.80. The number of H-pyrrole nitrogens is 1. The molecule has 2 atom stereocenters. The number of hydrogen-bond donors (Lipinski definition) is 3. The highest BCUT2D eigenvalue weighted by Crippen LogP contribution is 2.40. The number of hydrogen-bond acceptors (Lipinski definition) is 10. The van der Waals surface area contributed by atoms with Gasteiger partial charge in [0.1, 0.15) is 17.2 Å². The molecule has 1 saturated carbocycles. The molecule has 0 bridgehead atoms. The lowest BCUT2D eigenvalue weighted by atomic mass is 9.78. The number of aryl methyl sites for hydroxylation is 1. The monoisotopic (exact) mass is 741 g/mol. The van der Waals surface area contributed by atoms with E-state index < -0.39 is 12.0 Å². The Morgan fingerprint density at radius 1 is 1.04 bits per heavy atom. The Kier molecular flexibility index (Phi) is 8.52. The van der Waals surface area contributed by atoms with Gasteiger partial charge in [0.25, 0.3) is 6.43 Å². The average Bonchev–Trinajstić information content (AvgIpc) is 3.97. The van der Waals surface area contributed by atoms with E-state index in [1.807, 2.05) is 31.3 Å². The second-order valence-electron chi connectivity index (χ2n) is 15.5. The van der Waals surface area contributed by atoms with Crippen molar-refractivity contribution in [2.24, 2.45) is 13.0 Å². The van der Waals surface area contributed by atoms with Gasteiger partial charge >= 0.3 is 5.69 Å². The molecule has 3 fully saturated rings. The third-order valence-corrected chi connectivity index (χ3v) is 12.0. The van der Waals surface area contributed by atoms with Gasteiger partial charge in [-0.2, -0.15) is 10.2 Å². The molecule has 1 unspecified atom stereocenters. The van der Waals surface area contributed by atoms with E-state index in [4.69, 9.17) is 4.98 Å². The van der Waals surface area contributed by atoms with Crippen LogP contribution >= 0.6 is 0 Å². The molecule has 0 amide bonds. The number of imidazole rings is 1. The van der Waals surface area contributed by atoms with Crippen LogP contribution in [0.1, 0.15) is 70.5 Å². The van der Waals surface area contributed by atoms with Crippen molar-refractivity contribution < 1.29 is 13.9 Å². The van der Waals surface area contributed by atoms with Gasteiger partial charge in [-0.1, -0.05) is 11.3 Å². The van der Waals surface area contributed by atoms with E-state index >= 15 is 0 Å². The molecule has 3 N–H and O–H groups in total. The summed E-state index contributed by atoms with van der Waals surface area (Å²) >= 11 is 0. The molecule has 5 aromatic heterocycles. The number of fused-ring (bicyclic) bond motifs is 2. The summed E-state index contributed by atoms with van der Waals surface area (Å²) in [6.45, 7) is 7.11. The van der Waals surface area contributed by atoms with Crippen molar-refractivity contribution >= 4 is 28.2 Å². The average molecular weight is 742 g/mol. The van der Waals surface area contributed by atoms with Gasteiger partial charge in [-0.05, 0) is 76.5 Å². The molecule has 3 aliphatic rings. The first-order valence-corrected chi connectivity index (χ1v) is 18.8. The SMILES string of the molecule is CC1NCCN(c2cccc3[nH]c(=O)n(C)c23)[C@H]1C1CCC(n2cc(-n3cc(-c4cnn5ccc(N6CCC(C)(O)CC6)nc45)nn3)c(C(F)F)n2)CC1. The van der Waals surface area contributed by atoms with Crippen molar-refractivity contribution in [3.05, 3.63) is 65.2 Å². The number of anilines is 2. The smallest absolute Gasteiger partial charge is 0.326 e. The van der Waals surface area contributed by atoms with Crippen LogP contribution in [0.15, 0.2) is 53.8 Å². The first-order chi connectivity index (χ1) is 26.0. The molecule has 54 heavy (non-hydrogen) atoms. The Balaban J connectivity index is 0.942. The van der Waals surface area contributed by atoms with E-state index in [9.17, 15) is 18.7 Å². The fourth-order valence-corrected chi connectivity index (χ4v) is 8.97. The Bertz CT molecular complexity index is 2360. The summed E-state index contributed by atoms with van der Waals surface area (Å²) in [5.41, 5.74) is 3.50. The van der Waals surface area contributed by atoms with Crippen LogP contribution in [-0.2, 0) is 7.05 Å². The van der Waals surface area contributed by atoms with Gasteiger partial charge < -0.3 is 25.2 Å². The molecule has 284 valence electrons. The molecule has 0 radical (unpaired) electrons. The molecule has 15 nitrogen and oxygen atoms in total. The van der Waals surface area contributed by atoms with Crippen LogP contribution in [0.25, 0.3) is 33.6 Å². The van der Waals surface area contributed by atoms with E-state index in [0.29, 0.717) is 48.8 Å². The largest absolute Gasteiger partial charge is 0.390 e. The van der Waals surface area contributed by atoms with E-state index in [0.717, 1.165) is 61.3 Å². The molecule has 1 aliphatic carbocycles. The second kappa shape index (κ2) is 13.3. The predicted octanol–water partition coefficient (Wildman–Crippen LogP) is 4.24. The standard InChI is InChI=1S/C37H45F2N13O2/c1-22-32(49(18-14-40-22)28-6-4-5-26-33(28)47(3)36(53)42-26)23-7-9-24(10-8-23)51-21-29(31(45-51)34(38)39)52-20-27(44-46-52)25-19-41-50-15-11-30(43-35(25)50)48-16-12-37(2,54)13-17-48/h4-6,11,15,19-24,32,34,40,54H,7-10,12-14,16-18H2,1-3H3,(H,42,53)/t22?,23?,24?,32-/m1/s1. The summed E-state index contributed by atoms with van der Waals surface area (Å²) < 4.78 is 35.5. The fraction of sp³-hybridized carbons (Fsp3) is 0.514. The van der Waals surface area contributed by atoms with Crippen LogP contribution in [0.5, 0.6) is 0 Å². The maximum Gasteiger partial charge on any atom is 0.326 e. The van der Waals surface area contributed by atoms with Crippen LogP contribution in [0.3, 0.4) is 0 Å². The Labute approximate surface area is 309 Å². The number of para-hydroxylation sites is 1. The van der Waals surface area contributed by atoms with Crippen LogP contribution in [0.4, 0.5) is 20.3 Å². The highest BCUT2D eigenvalue weighted by Gasteiger charge is 2.39. The highest BCUT2D eigenvalue weighted by atomic mass is 19.3. The molecule has 1 aromatic carbocycles. The van der Waals surface area contributed by atoms with Gasteiger partial charge in [-0.25, -0.2) is 27.8 Å². The minimum atomic E-state index is -2.80. The molecule has 9 rings (SSSR count). The number of piperidine rings is 1. The zero-order valence-electron chi connectivity index (χ0n) is 30.6. The number of aliphatic hydroxyl groups is 1. The molecule has 7 heterocycles. The quantitative estimate of drug-likeness (QED) is 0.217. The topological polar surface area (TPSA) is 155 Å². The Hall–Kier alpha value is -5.16. The van der Waals surface area contributed by atoms with E-state index in [2.05, 4.69) is 53.6 Å². The normalized spacial score (nSPS) is 23.6. The van der Waals surface area contributed by atoms with Crippen LogP contribution < -0.4 is 20.8 Å². The third kappa shape index (κ3) is 6.02. The highest BCUT2D eigenvalue weighted by molar-refractivity contribution is 5.89. The van der Waals surface area contributed by atoms with Gasteiger partial charge in [-0.3, -0.25) is 9.25 Å². The van der Waals surface area contributed by atoms with E-state index in [1.165, 1.54) is 4.68 Å². The van der Waals surface area contributed by atoms with Crippen molar-refractivity contribution in [3.8, 4) is 16.9 Å². The maximum atomic E-state index is 14.5. The van der Waals surface area contributed by atoms with E-state index in [1.54, 1.807) is 39.4 Å². The molecule has 2 saturated heterocycles. The van der Waals surface area contributed by atoms with Crippen LogP contribution in [0, 0.1) is 5.92 Å². The van der Waals surface area contributed by atoms with Gasteiger partial charge in [0.05, 0.1) is 52.5 Å². The minimum absolute atomic E-state index is 0.0366. The lowest BCUT2D eigenvalue weighted by Gasteiger charge is -2.48. The number of aromatic nitrogens is 10. The summed E-state index contributed by atoms with van der Waals surface area (Å²) in [4.78, 5) is 25.0. The second-order valence-corrected chi connectivity index (χ2v) is 15.5. The van der Waals surface area contributed by atoms with Gasteiger partial charge in [-0.15, -0.1) is 5.10 Å². The molecule has 0 spiro atoms. The number of aromatic amines is 1. The first-order valence-electron chi connectivity index (χ1n) is 18.8. The fourth-order valence-electron chi connectivity index (χ4n) is 8.97. The zero-order chi connectivity index (χ0) is 37.3. The summed E-state index contributed by atoms with van der Waals surface area (Å²) in [5.74, 6) is 1.14. The van der Waals surface area contributed by atoms with Crippen molar-refractivity contribution in [2.75, 3.05) is 36.0 Å². The molecule has 2 aliphatic heterocycles. The number of nitrogens with zero attached hydrogens (tertiary/aromatic N) is 11. The maximum absolute atomic E-state index is 14.5. The summed E-state index contributed by atoms with van der Waals surface area (Å²) in [6.07, 6.45) is 8.69. The number of benzene rings is 1. The zero-order valence-corrected chi connectivity index (χ0v) is 30.6. The molecule has 6 aromatic rings. The number of alkyl halides is 2. The van der Waals surface area contributed by atoms with Crippen molar-refractivity contribution in [1.29, 1.82) is 0 Å². The molecular weight excluding hydrogens is 696 g/mol. The first kappa shape index (κ1) is 34.6. The number of halogens is 2. The Morgan fingerprint density at radius 2 is 1.83 bits per heavy atom. The lowest BCUT2D eigenvalue weighted by molar-refractivity contribution is 0.0350. The number of piperazine rings is 1. The van der Waals surface area contributed by atoms with Gasteiger partial charge in [0.15, 0.2) is 11.3 Å². The van der Waals surface area contributed by atoms with E-state index in [-0.39, 0.29) is 35.2 Å². The molecule has 17 heteroatoms. The van der Waals surface area contributed by atoms with Gasteiger partial charge in [0, 0.05) is 51.5 Å². The Morgan fingerprint density at radius 3 is 2.61 bits per heavy atom.